The number of hydrogen-bond acceptors (Lipinski definition) is 4. The van der Waals surface area contributed by atoms with E-state index >= 15 is 0 Å². The predicted octanol–water partition coefficient (Wildman–Crippen LogP) is 1.26. The lowest BCUT2D eigenvalue weighted by atomic mass is 10.4. The van der Waals surface area contributed by atoms with Gasteiger partial charge in [-0.15, -0.1) is 11.3 Å². The summed E-state index contributed by atoms with van der Waals surface area (Å²) in [6.45, 7) is 0.267. The van der Waals surface area contributed by atoms with Crippen LogP contribution in [0.3, 0.4) is 0 Å². The third kappa shape index (κ3) is 2.31. The van der Waals surface area contributed by atoms with Gasteiger partial charge in [0.05, 0.1) is 0 Å². The van der Waals surface area contributed by atoms with Gasteiger partial charge >= 0.3 is 0 Å². The zero-order valence-electron chi connectivity index (χ0n) is 7.06. The van der Waals surface area contributed by atoms with Gasteiger partial charge in [0.25, 0.3) is 10.2 Å². The highest BCUT2D eigenvalue weighted by Gasteiger charge is 2.05. The van der Waals surface area contributed by atoms with Crippen LogP contribution in [-0.4, -0.2) is 8.42 Å². The number of thiophene rings is 2. The van der Waals surface area contributed by atoms with Crippen molar-refractivity contribution in [1.82, 2.24) is 4.72 Å². The number of hydrogen-bond donors (Lipinski definition) is 2. The Morgan fingerprint density at radius 2 is 2.21 bits per heavy atom. The van der Waals surface area contributed by atoms with Crippen molar-refractivity contribution in [3.05, 3.63) is 21.7 Å². The van der Waals surface area contributed by atoms with E-state index in [1.807, 2.05) is 16.8 Å². The van der Waals surface area contributed by atoms with Crippen molar-refractivity contribution in [3.63, 3.8) is 0 Å². The highest BCUT2D eigenvalue weighted by molar-refractivity contribution is 7.87. The minimum absolute atomic E-state index is 0.267. The smallest absolute Gasteiger partial charge is 0.216 e. The van der Waals surface area contributed by atoms with Gasteiger partial charge in [-0.25, -0.2) is 5.14 Å². The fraction of sp³-hybridized carbons (Fsp3) is 0.143. The maximum absolute atomic E-state index is 10.6. The Bertz CT molecular complexity index is 512. The topological polar surface area (TPSA) is 72.2 Å². The fourth-order valence-electron chi connectivity index (χ4n) is 1.09. The normalized spacial score (nSPS) is 12.4. The van der Waals surface area contributed by atoms with Crippen LogP contribution in [0.4, 0.5) is 0 Å². The number of fused-ring (bicyclic) bond motifs is 1. The van der Waals surface area contributed by atoms with Crippen molar-refractivity contribution in [1.29, 1.82) is 0 Å². The molecule has 0 aromatic carbocycles. The largest absolute Gasteiger partial charge is 0.274 e. The molecule has 14 heavy (non-hydrogen) atoms. The summed E-state index contributed by atoms with van der Waals surface area (Å²) in [7, 11) is -3.58. The zero-order chi connectivity index (χ0) is 10.2. The maximum atomic E-state index is 10.6. The summed E-state index contributed by atoms with van der Waals surface area (Å²) in [5, 5.41) is 10.1. The summed E-state index contributed by atoms with van der Waals surface area (Å²) >= 11 is 3.21. The Labute approximate surface area is 89.5 Å². The molecule has 2 aromatic heterocycles. The van der Waals surface area contributed by atoms with Crippen LogP contribution >= 0.6 is 22.7 Å². The first-order valence-electron chi connectivity index (χ1n) is 3.76. The van der Waals surface area contributed by atoms with Gasteiger partial charge in [-0.2, -0.15) is 24.5 Å². The summed E-state index contributed by atoms with van der Waals surface area (Å²) < 4.78 is 24.7. The van der Waals surface area contributed by atoms with Crippen LogP contribution in [0.2, 0.25) is 0 Å². The molecule has 0 aliphatic heterocycles. The van der Waals surface area contributed by atoms with Crippen LogP contribution in [0, 0.1) is 0 Å². The Hall–Kier alpha value is -0.470. The molecule has 0 radical (unpaired) electrons. The molecule has 0 unspecified atom stereocenters. The molecule has 4 nitrogen and oxygen atoms in total. The van der Waals surface area contributed by atoms with E-state index in [1.54, 1.807) is 22.7 Å². The molecule has 0 saturated heterocycles. The van der Waals surface area contributed by atoms with E-state index in [0.29, 0.717) is 0 Å². The molecular formula is C7H8N2O2S3. The third-order valence-electron chi connectivity index (χ3n) is 1.66. The third-order valence-corrected chi connectivity index (χ3v) is 4.22. The van der Waals surface area contributed by atoms with E-state index in [2.05, 4.69) is 4.72 Å². The second-order valence-corrected chi connectivity index (χ2v) is 6.06. The van der Waals surface area contributed by atoms with E-state index in [1.165, 1.54) is 4.70 Å². The van der Waals surface area contributed by atoms with Crippen LogP contribution in [0.5, 0.6) is 0 Å². The minimum Gasteiger partial charge on any atom is -0.216 e. The first-order chi connectivity index (χ1) is 6.54. The number of nitrogens with two attached hydrogens (primary N) is 1. The van der Waals surface area contributed by atoms with E-state index in [4.69, 9.17) is 5.14 Å². The molecule has 3 N–H and O–H groups in total. The maximum Gasteiger partial charge on any atom is 0.274 e. The zero-order valence-corrected chi connectivity index (χ0v) is 9.51. The predicted molar refractivity (Wildman–Crippen MR) is 59.6 cm³/mol. The van der Waals surface area contributed by atoms with Crippen molar-refractivity contribution in [3.8, 4) is 0 Å². The lowest BCUT2D eigenvalue weighted by Gasteiger charge is -1.97. The van der Waals surface area contributed by atoms with Gasteiger partial charge in [0, 0.05) is 26.9 Å². The van der Waals surface area contributed by atoms with Gasteiger partial charge in [-0.3, -0.25) is 0 Å². The molecular weight excluding hydrogens is 240 g/mol. The average molecular weight is 248 g/mol. The molecule has 7 heteroatoms. The SMILES string of the molecule is NS(=O)(=O)NCc1cc2cscc2s1. The first kappa shape index (κ1) is 10.1. The first-order valence-corrected chi connectivity index (χ1v) is 7.07. The number of rotatable bonds is 3. The molecule has 0 spiro atoms. The van der Waals surface area contributed by atoms with Crippen molar-refractivity contribution in [2.45, 2.75) is 6.54 Å². The van der Waals surface area contributed by atoms with Crippen LogP contribution in [0.1, 0.15) is 4.88 Å². The molecule has 2 rings (SSSR count). The second kappa shape index (κ2) is 3.59. The van der Waals surface area contributed by atoms with Crippen molar-refractivity contribution in [2.24, 2.45) is 5.14 Å². The molecule has 0 atom stereocenters. The van der Waals surface area contributed by atoms with Crippen molar-refractivity contribution < 1.29 is 8.42 Å². The fourth-order valence-corrected chi connectivity index (χ4v) is 3.49. The molecule has 76 valence electrons. The lowest BCUT2D eigenvalue weighted by molar-refractivity contribution is 0.583. The van der Waals surface area contributed by atoms with Gasteiger partial charge < -0.3 is 0 Å². The van der Waals surface area contributed by atoms with Crippen molar-refractivity contribution in [2.75, 3.05) is 0 Å². The summed E-state index contributed by atoms with van der Waals surface area (Å²) in [4.78, 5) is 0.969. The Morgan fingerprint density at radius 3 is 2.86 bits per heavy atom. The summed E-state index contributed by atoms with van der Waals surface area (Å²) in [5.74, 6) is 0. The Balaban J connectivity index is 2.16. The molecule has 2 heterocycles. The number of nitrogens with one attached hydrogen (secondary N) is 1. The molecule has 0 amide bonds. The van der Waals surface area contributed by atoms with Crippen LogP contribution in [0.15, 0.2) is 16.8 Å². The molecule has 0 fully saturated rings. The Kier molecular flexibility index (Phi) is 2.58. The van der Waals surface area contributed by atoms with Crippen molar-refractivity contribution >= 4 is 43.0 Å². The van der Waals surface area contributed by atoms with E-state index in [0.717, 1.165) is 10.3 Å². The monoisotopic (exact) mass is 248 g/mol. The van der Waals surface area contributed by atoms with Gasteiger partial charge in [-0.1, -0.05) is 0 Å². The van der Waals surface area contributed by atoms with Gasteiger partial charge in [-0.05, 0) is 11.4 Å². The van der Waals surface area contributed by atoms with E-state index in [-0.39, 0.29) is 6.54 Å². The molecule has 0 bridgehead atoms. The molecule has 0 aliphatic rings. The lowest BCUT2D eigenvalue weighted by Crippen LogP contribution is -2.29. The molecule has 2 aromatic rings. The van der Waals surface area contributed by atoms with Gasteiger partial charge in [0.2, 0.25) is 0 Å². The molecule has 0 saturated carbocycles. The van der Waals surface area contributed by atoms with Gasteiger partial charge in [0.1, 0.15) is 0 Å². The second-order valence-electron chi connectivity index (χ2n) is 2.77. The Morgan fingerprint density at radius 1 is 1.43 bits per heavy atom. The van der Waals surface area contributed by atoms with E-state index in [9.17, 15) is 8.42 Å². The summed E-state index contributed by atoms with van der Waals surface area (Å²) in [5.41, 5.74) is 0. The summed E-state index contributed by atoms with van der Waals surface area (Å²) in [6, 6.07) is 1.97. The van der Waals surface area contributed by atoms with Gasteiger partial charge in [0.15, 0.2) is 0 Å². The molecule has 0 aliphatic carbocycles. The quantitative estimate of drug-likeness (QED) is 0.858. The minimum atomic E-state index is -3.58. The average Bonchev–Trinajstić information content (AvgIpc) is 2.56. The van der Waals surface area contributed by atoms with Crippen LogP contribution in [-0.2, 0) is 16.8 Å². The van der Waals surface area contributed by atoms with Crippen LogP contribution < -0.4 is 9.86 Å². The highest BCUT2D eigenvalue weighted by Crippen LogP contribution is 2.28. The van der Waals surface area contributed by atoms with Crippen LogP contribution in [0.25, 0.3) is 10.1 Å². The summed E-state index contributed by atoms with van der Waals surface area (Å²) in [6.07, 6.45) is 0. The standard InChI is InChI=1S/C7H8N2O2S3/c8-14(10,11)9-2-6-1-5-3-12-4-7(5)13-6/h1,3-4,9H,2H2,(H2,8,10,11). The highest BCUT2D eigenvalue weighted by atomic mass is 32.2. The van der Waals surface area contributed by atoms with E-state index < -0.39 is 10.2 Å².